The topological polar surface area (TPSA) is 54.9 Å². The standard InChI is InChI=1S/C22H19N3OS2/c1-15(17-10-12-23-13-11-17)24-21(26)18-8-6-16(7-9-18)14-27-22-25-19-4-2-3-5-20(19)28-22/h2-13,15H,14H2,1H3,(H,24,26). The van der Waals surface area contributed by atoms with Gasteiger partial charge < -0.3 is 5.32 Å². The van der Waals surface area contributed by atoms with E-state index in [4.69, 9.17) is 0 Å². The third kappa shape index (κ3) is 4.40. The van der Waals surface area contributed by atoms with Crippen LogP contribution in [0.3, 0.4) is 0 Å². The average molecular weight is 406 g/mol. The van der Waals surface area contributed by atoms with Crippen molar-refractivity contribution in [2.75, 3.05) is 0 Å². The van der Waals surface area contributed by atoms with Crippen LogP contribution in [-0.4, -0.2) is 15.9 Å². The molecule has 2 aromatic heterocycles. The van der Waals surface area contributed by atoms with Crippen molar-refractivity contribution >= 4 is 39.2 Å². The van der Waals surface area contributed by atoms with Crippen LogP contribution in [0.2, 0.25) is 0 Å². The Bertz CT molecular complexity index is 1040. The molecule has 4 rings (SSSR count). The number of fused-ring (bicyclic) bond motifs is 1. The zero-order chi connectivity index (χ0) is 19.3. The van der Waals surface area contributed by atoms with Gasteiger partial charge in [0.1, 0.15) is 0 Å². The summed E-state index contributed by atoms with van der Waals surface area (Å²) in [5.74, 6) is 0.754. The molecule has 0 saturated heterocycles. The van der Waals surface area contributed by atoms with Crippen molar-refractivity contribution in [3.05, 3.63) is 89.7 Å². The molecular formula is C22H19N3OS2. The smallest absolute Gasteiger partial charge is 0.251 e. The molecule has 0 radical (unpaired) electrons. The molecule has 6 heteroatoms. The van der Waals surface area contributed by atoms with Gasteiger partial charge in [-0.15, -0.1) is 11.3 Å². The van der Waals surface area contributed by atoms with Gasteiger partial charge in [-0.25, -0.2) is 4.98 Å². The first-order chi connectivity index (χ1) is 13.7. The third-order valence-corrected chi connectivity index (χ3v) is 6.66. The minimum absolute atomic E-state index is 0.0650. The maximum absolute atomic E-state index is 12.5. The quantitative estimate of drug-likeness (QED) is 0.432. The second kappa shape index (κ2) is 8.54. The highest BCUT2D eigenvalue weighted by Gasteiger charge is 2.11. The Morgan fingerprint density at radius 3 is 2.57 bits per heavy atom. The summed E-state index contributed by atoms with van der Waals surface area (Å²) in [6.45, 7) is 1.97. The highest BCUT2D eigenvalue weighted by molar-refractivity contribution is 8.00. The first kappa shape index (κ1) is 18.7. The second-order valence-corrected chi connectivity index (χ2v) is 8.66. The average Bonchev–Trinajstić information content (AvgIpc) is 3.16. The lowest BCUT2D eigenvalue weighted by atomic mass is 10.1. The van der Waals surface area contributed by atoms with Crippen LogP contribution in [0.25, 0.3) is 10.2 Å². The van der Waals surface area contributed by atoms with E-state index in [9.17, 15) is 4.79 Å². The van der Waals surface area contributed by atoms with Crippen molar-refractivity contribution < 1.29 is 4.79 Å². The van der Waals surface area contributed by atoms with Gasteiger partial charge in [0, 0.05) is 23.7 Å². The summed E-state index contributed by atoms with van der Waals surface area (Å²) in [7, 11) is 0. The molecule has 0 spiro atoms. The normalized spacial score (nSPS) is 12.0. The molecule has 1 N–H and O–H groups in total. The Hall–Kier alpha value is -2.70. The number of carbonyl (C=O) groups excluding carboxylic acids is 1. The lowest BCUT2D eigenvalue weighted by Gasteiger charge is -2.14. The Morgan fingerprint density at radius 1 is 1.07 bits per heavy atom. The highest BCUT2D eigenvalue weighted by Crippen LogP contribution is 2.31. The van der Waals surface area contributed by atoms with E-state index in [-0.39, 0.29) is 11.9 Å². The molecule has 2 aromatic carbocycles. The molecule has 0 fully saturated rings. The van der Waals surface area contributed by atoms with Crippen molar-refractivity contribution in [2.24, 2.45) is 0 Å². The van der Waals surface area contributed by atoms with E-state index in [0.717, 1.165) is 21.2 Å². The van der Waals surface area contributed by atoms with Gasteiger partial charge in [-0.3, -0.25) is 9.78 Å². The fourth-order valence-electron chi connectivity index (χ4n) is 2.83. The number of nitrogens with zero attached hydrogens (tertiary/aromatic N) is 2. The molecule has 4 nitrogen and oxygen atoms in total. The van der Waals surface area contributed by atoms with E-state index in [2.05, 4.69) is 21.4 Å². The maximum Gasteiger partial charge on any atom is 0.251 e. The van der Waals surface area contributed by atoms with Crippen LogP contribution in [0, 0.1) is 0 Å². The Balaban J connectivity index is 1.36. The summed E-state index contributed by atoms with van der Waals surface area (Å²) < 4.78 is 2.27. The van der Waals surface area contributed by atoms with Crippen molar-refractivity contribution in [1.29, 1.82) is 0 Å². The minimum atomic E-state index is -0.0744. The fourth-order valence-corrected chi connectivity index (χ4v) is 4.85. The largest absolute Gasteiger partial charge is 0.346 e. The Morgan fingerprint density at radius 2 is 1.82 bits per heavy atom. The Labute approximate surface area is 172 Å². The van der Waals surface area contributed by atoms with E-state index < -0.39 is 0 Å². The van der Waals surface area contributed by atoms with Crippen LogP contribution in [-0.2, 0) is 5.75 Å². The van der Waals surface area contributed by atoms with Gasteiger partial charge in [-0.1, -0.05) is 36.0 Å². The van der Waals surface area contributed by atoms with Gasteiger partial charge in [0.25, 0.3) is 5.91 Å². The number of para-hydroxylation sites is 1. The number of thioether (sulfide) groups is 1. The SMILES string of the molecule is CC(NC(=O)c1ccc(CSc2nc3ccccc3s2)cc1)c1ccncc1. The number of carbonyl (C=O) groups is 1. The molecule has 0 aliphatic heterocycles. The summed E-state index contributed by atoms with van der Waals surface area (Å²) in [6.07, 6.45) is 3.46. The molecular weight excluding hydrogens is 386 g/mol. The summed E-state index contributed by atoms with van der Waals surface area (Å²) in [4.78, 5) is 21.1. The molecule has 1 unspecified atom stereocenters. The van der Waals surface area contributed by atoms with Crippen molar-refractivity contribution in [3.63, 3.8) is 0 Å². The number of nitrogens with one attached hydrogen (secondary N) is 1. The predicted molar refractivity (Wildman–Crippen MR) is 116 cm³/mol. The van der Waals surface area contributed by atoms with Crippen molar-refractivity contribution in [1.82, 2.24) is 15.3 Å². The lowest BCUT2D eigenvalue weighted by molar-refractivity contribution is 0.0940. The highest BCUT2D eigenvalue weighted by atomic mass is 32.2. The van der Waals surface area contributed by atoms with Gasteiger partial charge in [0.15, 0.2) is 4.34 Å². The van der Waals surface area contributed by atoms with Crippen LogP contribution in [0.1, 0.15) is 34.5 Å². The zero-order valence-electron chi connectivity index (χ0n) is 15.3. The van der Waals surface area contributed by atoms with Crippen LogP contribution < -0.4 is 5.32 Å². The number of pyridine rings is 1. The third-order valence-electron chi connectivity index (χ3n) is 4.41. The number of aromatic nitrogens is 2. The number of thiazole rings is 1. The first-order valence-corrected chi connectivity index (χ1v) is 10.8. The number of hydrogen-bond donors (Lipinski definition) is 1. The van der Waals surface area contributed by atoms with E-state index in [1.165, 1.54) is 10.3 Å². The number of rotatable bonds is 6. The molecule has 0 bridgehead atoms. The molecule has 0 saturated carbocycles. The lowest BCUT2D eigenvalue weighted by Crippen LogP contribution is -2.26. The van der Waals surface area contributed by atoms with E-state index in [0.29, 0.717) is 5.56 Å². The van der Waals surface area contributed by atoms with E-state index in [1.807, 2.05) is 61.5 Å². The molecule has 1 atom stereocenters. The van der Waals surface area contributed by atoms with Crippen LogP contribution in [0.5, 0.6) is 0 Å². The molecule has 1 amide bonds. The zero-order valence-corrected chi connectivity index (χ0v) is 17.0. The fraction of sp³-hybridized carbons (Fsp3) is 0.136. The molecule has 140 valence electrons. The molecule has 0 aliphatic carbocycles. The molecule has 0 aliphatic rings. The van der Waals surface area contributed by atoms with Crippen molar-refractivity contribution in [3.8, 4) is 0 Å². The van der Waals surface area contributed by atoms with Crippen LogP contribution in [0.4, 0.5) is 0 Å². The maximum atomic E-state index is 12.5. The van der Waals surface area contributed by atoms with Gasteiger partial charge in [0.2, 0.25) is 0 Å². The number of hydrogen-bond acceptors (Lipinski definition) is 5. The second-order valence-electron chi connectivity index (χ2n) is 6.41. The van der Waals surface area contributed by atoms with Gasteiger partial charge >= 0.3 is 0 Å². The molecule has 28 heavy (non-hydrogen) atoms. The molecule has 2 heterocycles. The molecule has 4 aromatic rings. The van der Waals surface area contributed by atoms with Gasteiger partial charge in [-0.2, -0.15) is 0 Å². The predicted octanol–water partition coefficient (Wildman–Crippen LogP) is 5.47. The van der Waals surface area contributed by atoms with E-state index in [1.54, 1.807) is 35.5 Å². The van der Waals surface area contributed by atoms with Gasteiger partial charge in [-0.05, 0) is 54.4 Å². The Kier molecular flexibility index (Phi) is 5.69. The summed E-state index contributed by atoms with van der Waals surface area (Å²) in [5, 5.41) is 3.02. The summed E-state index contributed by atoms with van der Waals surface area (Å²) in [6, 6.07) is 19.7. The summed E-state index contributed by atoms with van der Waals surface area (Å²) >= 11 is 3.43. The van der Waals surface area contributed by atoms with E-state index >= 15 is 0 Å². The number of benzene rings is 2. The van der Waals surface area contributed by atoms with Crippen LogP contribution in [0.15, 0.2) is 77.4 Å². The minimum Gasteiger partial charge on any atom is -0.346 e. The number of amides is 1. The van der Waals surface area contributed by atoms with Crippen LogP contribution >= 0.6 is 23.1 Å². The van der Waals surface area contributed by atoms with Crippen molar-refractivity contribution in [2.45, 2.75) is 23.1 Å². The summed E-state index contributed by atoms with van der Waals surface area (Å²) in [5.41, 5.74) is 3.91. The van der Waals surface area contributed by atoms with Gasteiger partial charge in [0.05, 0.1) is 16.3 Å². The monoisotopic (exact) mass is 405 g/mol. The first-order valence-electron chi connectivity index (χ1n) is 8.97.